The number of aromatic nitrogens is 2. The molecule has 6 nitrogen and oxygen atoms in total. The number of para-hydroxylation sites is 1. The minimum absolute atomic E-state index is 0.105. The molecule has 1 heterocycles. The summed E-state index contributed by atoms with van der Waals surface area (Å²) < 4.78 is 28.2. The van der Waals surface area contributed by atoms with Gasteiger partial charge in [-0.15, -0.1) is 0 Å². The second-order valence-corrected chi connectivity index (χ2v) is 7.00. The Kier molecular flexibility index (Phi) is 5.44. The number of hydrogen-bond donors (Lipinski definition) is 1. The maximum atomic E-state index is 12.1. The van der Waals surface area contributed by atoms with Gasteiger partial charge in [-0.3, -0.25) is 0 Å². The summed E-state index contributed by atoms with van der Waals surface area (Å²) in [5, 5.41) is -0.0259. The van der Waals surface area contributed by atoms with Crippen molar-refractivity contribution in [1.82, 2.24) is 14.3 Å². The van der Waals surface area contributed by atoms with Crippen molar-refractivity contribution in [2.24, 2.45) is 7.05 Å². The third-order valence-corrected chi connectivity index (χ3v) is 5.20. The molecule has 120 valence electrons. The highest BCUT2D eigenvalue weighted by Gasteiger charge is 2.21. The first kappa shape index (κ1) is 16.8. The molecule has 0 unspecified atom stereocenters. The summed E-state index contributed by atoms with van der Waals surface area (Å²) in [5.74, 6) is 0. The van der Waals surface area contributed by atoms with Crippen molar-refractivity contribution in [2.75, 3.05) is 25.0 Å². The van der Waals surface area contributed by atoms with E-state index in [-0.39, 0.29) is 10.2 Å². The van der Waals surface area contributed by atoms with E-state index < -0.39 is 10.0 Å². The second kappa shape index (κ2) is 7.13. The van der Waals surface area contributed by atoms with E-state index in [0.717, 1.165) is 12.2 Å². The van der Waals surface area contributed by atoms with Crippen molar-refractivity contribution in [2.45, 2.75) is 11.4 Å². The number of nitrogens with one attached hydrogen (secondary N) is 1. The molecule has 0 aliphatic heterocycles. The number of imidazole rings is 1. The maximum Gasteiger partial charge on any atom is 0.261 e. The summed E-state index contributed by atoms with van der Waals surface area (Å²) in [4.78, 5) is 5.89. The van der Waals surface area contributed by atoms with Crippen LogP contribution in [0.4, 0.5) is 5.69 Å². The summed E-state index contributed by atoms with van der Waals surface area (Å²) in [6.07, 6.45) is 2.05. The molecule has 0 radical (unpaired) electrons. The van der Waals surface area contributed by atoms with Gasteiger partial charge in [-0.1, -0.05) is 29.8 Å². The summed E-state index contributed by atoms with van der Waals surface area (Å²) in [7, 11) is -0.0514. The molecule has 0 saturated carbocycles. The minimum atomic E-state index is -3.67. The number of hydrogen-bond acceptors (Lipinski definition) is 4. The molecule has 2 rings (SSSR count). The van der Waals surface area contributed by atoms with Crippen molar-refractivity contribution in [1.29, 1.82) is 0 Å². The van der Waals surface area contributed by atoms with Crippen molar-refractivity contribution in [3.8, 4) is 0 Å². The Morgan fingerprint density at radius 3 is 2.59 bits per heavy atom. The van der Waals surface area contributed by atoms with Gasteiger partial charge in [0.25, 0.3) is 10.0 Å². The van der Waals surface area contributed by atoms with Crippen LogP contribution in [0.1, 0.15) is 6.42 Å². The average Bonchev–Trinajstić information content (AvgIpc) is 2.85. The van der Waals surface area contributed by atoms with Gasteiger partial charge in [0, 0.05) is 32.9 Å². The summed E-state index contributed by atoms with van der Waals surface area (Å²) in [6, 6.07) is 9.92. The van der Waals surface area contributed by atoms with Crippen molar-refractivity contribution in [3.05, 3.63) is 41.8 Å². The third kappa shape index (κ3) is 4.00. The molecule has 0 bridgehead atoms. The fourth-order valence-corrected chi connectivity index (χ4v) is 3.48. The molecule has 1 N–H and O–H groups in total. The van der Waals surface area contributed by atoms with Gasteiger partial charge in [0.2, 0.25) is 5.03 Å². The Balaban J connectivity index is 1.85. The highest BCUT2D eigenvalue weighted by Crippen LogP contribution is 2.18. The lowest BCUT2D eigenvalue weighted by Gasteiger charge is -2.19. The predicted molar refractivity (Wildman–Crippen MR) is 87.7 cm³/mol. The predicted octanol–water partition coefficient (Wildman–Crippen LogP) is 1.88. The summed E-state index contributed by atoms with van der Waals surface area (Å²) in [6.45, 7) is 1.06. The Hall–Kier alpha value is -1.57. The van der Waals surface area contributed by atoms with Gasteiger partial charge in [0.15, 0.2) is 0 Å². The number of nitrogens with zero attached hydrogens (tertiary/aromatic N) is 3. The Morgan fingerprint density at radius 1 is 1.32 bits per heavy atom. The van der Waals surface area contributed by atoms with Gasteiger partial charge in [-0.25, -0.2) is 18.1 Å². The van der Waals surface area contributed by atoms with E-state index in [1.54, 1.807) is 7.05 Å². The van der Waals surface area contributed by atoms with Crippen LogP contribution < -0.4 is 9.62 Å². The molecule has 0 atom stereocenters. The van der Waals surface area contributed by atoms with Crippen LogP contribution in [0.2, 0.25) is 5.15 Å². The van der Waals surface area contributed by atoms with E-state index >= 15 is 0 Å². The lowest BCUT2D eigenvalue weighted by molar-refractivity contribution is 0.575. The Morgan fingerprint density at radius 2 is 2.00 bits per heavy atom. The topological polar surface area (TPSA) is 67.2 Å². The van der Waals surface area contributed by atoms with Gasteiger partial charge >= 0.3 is 0 Å². The highest BCUT2D eigenvalue weighted by atomic mass is 35.5. The van der Waals surface area contributed by atoms with E-state index in [2.05, 4.69) is 14.6 Å². The summed E-state index contributed by atoms with van der Waals surface area (Å²) >= 11 is 5.91. The normalized spacial score (nSPS) is 11.6. The van der Waals surface area contributed by atoms with Crippen LogP contribution in [0.25, 0.3) is 0 Å². The van der Waals surface area contributed by atoms with Gasteiger partial charge in [0.1, 0.15) is 5.15 Å². The van der Waals surface area contributed by atoms with Gasteiger partial charge in [-0.05, 0) is 18.6 Å². The standard InChI is InChI=1S/C14H19ClN4O2S/c1-18(12-7-4-3-5-8-12)10-6-9-17-22(20,21)14-13(15)19(2)11-16-14/h3-5,7-8,11,17H,6,9-10H2,1-2H3. The maximum absolute atomic E-state index is 12.1. The molecular weight excluding hydrogens is 324 g/mol. The zero-order valence-corrected chi connectivity index (χ0v) is 14.1. The smallest absolute Gasteiger partial charge is 0.261 e. The van der Waals surface area contributed by atoms with E-state index in [1.807, 2.05) is 37.4 Å². The fourth-order valence-electron chi connectivity index (χ4n) is 1.98. The van der Waals surface area contributed by atoms with Crippen molar-refractivity contribution >= 4 is 27.3 Å². The van der Waals surface area contributed by atoms with E-state index in [1.165, 1.54) is 10.9 Å². The molecule has 0 spiro atoms. The number of sulfonamides is 1. The monoisotopic (exact) mass is 342 g/mol. The molecule has 0 saturated heterocycles. The largest absolute Gasteiger partial charge is 0.375 e. The number of halogens is 1. The quantitative estimate of drug-likeness (QED) is 0.780. The molecule has 0 aliphatic carbocycles. The number of rotatable bonds is 7. The lowest BCUT2D eigenvalue weighted by Crippen LogP contribution is -2.28. The second-order valence-electron chi connectivity index (χ2n) is 4.96. The first-order chi connectivity index (χ1) is 10.4. The van der Waals surface area contributed by atoms with Gasteiger partial charge in [0.05, 0.1) is 6.33 Å². The average molecular weight is 343 g/mol. The lowest BCUT2D eigenvalue weighted by atomic mass is 10.3. The van der Waals surface area contributed by atoms with Crippen LogP contribution in [-0.4, -0.2) is 38.1 Å². The van der Waals surface area contributed by atoms with Crippen LogP contribution in [0.3, 0.4) is 0 Å². The zero-order valence-electron chi connectivity index (χ0n) is 12.5. The first-order valence-corrected chi connectivity index (χ1v) is 8.70. The third-order valence-electron chi connectivity index (χ3n) is 3.25. The van der Waals surface area contributed by atoms with Crippen LogP contribution in [0, 0.1) is 0 Å². The van der Waals surface area contributed by atoms with E-state index in [0.29, 0.717) is 13.0 Å². The molecule has 0 fully saturated rings. The van der Waals surface area contributed by atoms with Crippen LogP contribution >= 0.6 is 11.6 Å². The van der Waals surface area contributed by atoms with E-state index in [9.17, 15) is 8.42 Å². The van der Waals surface area contributed by atoms with Crippen LogP contribution in [0.15, 0.2) is 41.7 Å². The molecule has 0 aliphatic rings. The summed E-state index contributed by atoms with van der Waals surface area (Å²) in [5.41, 5.74) is 1.10. The molecule has 1 aromatic carbocycles. The Bertz CT molecular complexity index is 716. The molecule has 1 aromatic heterocycles. The molecular formula is C14H19ClN4O2S. The van der Waals surface area contributed by atoms with Crippen LogP contribution in [-0.2, 0) is 17.1 Å². The number of aryl methyl sites for hydroxylation is 1. The van der Waals surface area contributed by atoms with Gasteiger partial charge in [-0.2, -0.15) is 0 Å². The highest BCUT2D eigenvalue weighted by molar-refractivity contribution is 7.89. The molecule has 0 amide bonds. The SMILES string of the molecule is CN(CCCNS(=O)(=O)c1ncn(C)c1Cl)c1ccccc1. The van der Waals surface area contributed by atoms with Crippen molar-refractivity contribution in [3.63, 3.8) is 0 Å². The Labute approximate surface area is 135 Å². The van der Waals surface area contributed by atoms with Crippen molar-refractivity contribution < 1.29 is 8.42 Å². The van der Waals surface area contributed by atoms with E-state index in [4.69, 9.17) is 11.6 Å². The van der Waals surface area contributed by atoms with Crippen LogP contribution in [0.5, 0.6) is 0 Å². The number of anilines is 1. The molecule has 8 heteroatoms. The zero-order chi connectivity index (χ0) is 16.2. The van der Waals surface area contributed by atoms with Gasteiger partial charge < -0.3 is 9.47 Å². The number of benzene rings is 1. The first-order valence-electron chi connectivity index (χ1n) is 6.84. The molecule has 22 heavy (non-hydrogen) atoms. The fraction of sp³-hybridized carbons (Fsp3) is 0.357. The molecule has 2 aromatic rings. The minimum Gasteiger partial charge on any atom is -0.375 e.